The Morgan fingerprint density at radius 2 is 1.96 bits per heavy atom. The molecule has 0 bridgehead atoms. The first-order chi connectivity index (χ1) is 12.6. The number of hydrogen-bond acceptors (Lipinski definition) is 7. The van der Waals surface area contributed by atoms with Crippen molar-refractivity contribution >= 4 is 22.4 Å². The van der Waals surface area contributed by atoms with Crippen LogP contribution >= 0.6 is 11.3 Å². The second kappa shape index (κ2) is 7.88. The number of thiazole rings is 1. The molecule has 1 heterocycles. The van der Waals surface area contributed by atoms with E-state index < -0.39 is 5.97 Å². The number of esters is 1. The van der Waals surface area contributed by atoms with Crippen molar-refractivity contribution in [2.75, 3.05) is 20.0 Å². The molecule has 0 aliphatic heterocycles. The Morgan fingerprint density at radius 3 is 2.65 bits per heavy atom. The summed E-state index contributed by atoms with van der Waals surface area (Å²) in [5.74, 6) is 0.668. The summed E-state index contributed by atoms with van der Waals surface area (Å²) in [5.41, 5.74) is 8.36. The van der Waals surface area contributed by atoms with Gasteiger partial charge in [-0.15, -0.1) is 11.3 Å². The van der Waals surface area contributed by atoms with E-state index in [0.717, 1.165) is 16.9 Å². The van der Waals surface area contributed by atoms with Gasteiger partial charge in [0.2, 0.25) is 0 Å². The zero-order chi connectivity index (χ0) is 18.5. The molecule has 0 spiro atoms. The van der Waals surface area contributed by atoms with Crippen LogP contribution in [0.5, 0.6) is 11.5 Å². The summed E-state index contributed by atoms with van der Waals surface area (Å²) in [6.45, 7) is 0.261. The summed E-state index contributed by atoms with van der Waals surface area (Å²) in [7, 11) is 2.94. The molecule has 2 aromatic carbocycles. The molecule has 0 saturated carbocycles. The van der Waals surface area contributed by atoms with Crippen LogP contribution in [-0.2, 0) is 11.3 Å². The first-order valence-electron chi connectivity index (χ1n) is 7.80. The molecule has 0 amide bonds. The highest BCUT2D eigenvalue weighted by atomic mass is 32.1. The number of rotatable bonds is 6. The lowest BCUT2D eigenvalue weighted by atomic mass is 10.1. The van der Waals surface area contributed by atoms with E-state index >= 15 is 0 Å². The normalized spacial score (nSPS) is 10.4. The molecule has 3 rings (SSSR count). The van der Waals surface area contributed by atoms with Crippen molar-refractivity contribution in [1.82, 2.24) is 4.98 Å². The van der Waals surface area contributed by atoms with E-state index in [-0.39, 0.29) is 6.61 Å². The van der Waals surface area contributed by atoms with Gasteiger partial charge >= 0.3 is 5.97 Å². The Balaban J connectivity index is 1.89. The SMILES string of the molecule is COC(=O)c1cc(-c2csc(N)n2)ccc1OCc1ccccc1OC. The quantitative estimate of drug-likeness (QED) is 0.665. The van der Waals surface area contributed by atoms with Crippen molar-refractivity contribution in [3.63, 3.8) is 0 Å². The number of carbonyl (C=O) groups is 1. The van der Waals surface area contributed by atoms with Gasteiger partial charge < -0.3 is 19.9 Å². The van der Waals surface area contributed by atoms with Crippen molar-refractivity contribution in [3.05, 3.63) is 59.0 Å². The fraction of sp³-hybridized carbons (Fsp3) is 0.158. The van der Waals surface area contributed by atoms with Gasteiger partial charge in [-0.1, -0.05) is 18.2 Å². The molecule has 6 nitrogen and oxygen atoms in total. The van der Waals surface area contributed by atoms with Gasteiger partial charge in [0.25, 0.3) is 0 Å². The van der Waals surface area contributed by atoms with Crippen LogP contribution in [-0.4, -0.2) is 25.2 Å². The number of nitrogens with zero attached hydrogens (tertiary/aromatic N) is 1. The first kappa shape index (κ1) is 17.8. The van der Waals surface area contributed by atoms with E-state index in [0.29, 0.717) is 22.1 Å². The molecule has 0 unspecified atom stereocenters. The minimum Gasteiger partial charge on any atom is -0.496 e. The van der Waals surface area contributed by atoms with Crippen LogP contribution < -0.4 is 15.2 Å². The number of aromatic nitrogens is 1. The summed E-state index contributed by atoms with van der Waals surface area (Å²) in [4.78, 5) is 16.4. The molecule has 7 heteroatoms. The maximum Gasteiger partial charge on any atom is 0.341 e. The van der Waals surface area contributed by atoms with Gasteiger partial charge in [0, 0.05) is 16.5 Å². The Hall–Kier alpha value is -3.06. The maximum absolute atomic E-state index is 12.2. The van der Waals surface area contributed by atoms with Gasteiger partial charge in [0.15, 0.2) is 5.13 Å². The lowest BCUT2D eigenvalue weighted by Gasteiger charge is -2.13. The van der Waals surface area contributed by atoms with E-state index in [1.165, 1.54) is 18.4 Å². The number of carbonyl (C=O) groups excluding carboxylic acids is 1. The largest absolute Gasteiger partial charge is 0.496 e. The van der Waals surface area contributed by atoms with Crippen LogP contribution in [0.2, 0.25) is 0 Å². The lowest BCUT2D eigenvalue weighted by Crippen LogP contribution is -2.07. The van der Waals surface area contributed by atoms with Gasteiger partial charge in [0.05, 0.1) is 19.9 Å². The molecule has 0 aliphatic carbocycles. The molecular weight excluding hydrogens is 352 g/mol. The first-order valence-corrected chi connectivity index (χ1v) is 8.68. The number of para-hydroxylation sites is 1. The van der Waals surface area contributed by atoms with Gasteiger partial charge in [-0.05, 0) is 24.3 Å². The molecule has 0 saturated heterocycles. The zero-order valence-electron chi connectivity index (χ0n) is 14.4. The monoisotopic (exact) mass is 370 g/mol. The van der Waals surface area contributed by atoms with Gasteiger partial charge in [-0.25, -0.2) is 9.78 Å². The molecule has 3 aromatic rings. The van der Waals surface area contributed by atoms with E-state index in [2.05, 4.69) is 4.98 Å². The van der Waals surface area contributed by atoms with Crippen LogP contribution in [0.15, 0.2) is 47.8 Å². The predicted octanol–water partition coefficient (Wildman–Crippen LogP) is 3.77. The summed E-state index contributed by atoms with van der Waals surface area (Å²) in [6, 6.07) is 12.8. The minimum absolute atomic E-state index is 0.261. The van der Waals surface area contributed by atoms with E-state index in [4.69, 9.17) is 19.9 Å². The highest BCUT2D eigenvalue weighted by Crippen LogP contribution is 2.30. The molecule has 26 heavy (non-hydrogen) atoms. The number of benzene rings is 2. The average Bonchev–Trinajstić information content (AvgIpc) is 3.12. The topological polar surface area (TPSA) is 83.7 Å². The number of anilines is 1. The highest BCUT2D eigenvalue weighted by Gasteiger charge is 2.16. The minimum atomic E-state index is -0.481. The fourth-order valence-electron chi connectivity index (χ4n) is 2.48. The van der Waals surface area contributed by atoms with Crippen molar-refractivity contribution in [2.45, 2.75) is 6.61 Å². The summed E-state index contributed by atoms with van der Waals surface area (Å²) in [5, 5.41) is 2.30. The third-order valence-electron chi connectivity index (χ3n) is 3.78. The van der Waals surface area contributed by atoms with Crippen molar-refractivity contribution in [3.8, 4) is 22.8 Å². The van der Waals surface area contributed by atoms with Crippen molar-refractivity contribution in [2.24, 2.45) is 0 Å². The van der Waals surface area contributed by atoms with Gasteiger partial charge in [-0.3, -0.25) is 0 Å². The molecule has 134 valence electrons. The number of nitrogens with two attached hydrogens (primary N) is 1. The number of methoxy groups -OCH3 is 2. The zero-order valence-corrected chi connectivity index (χ0v) is 15.2. The third-order valence-corrected chi connectivity index (χ3v) is 4.45. The Bertz CT molecular complexity index is 923. The number of nitrogen functional groups attached to an aromatic ring is 1. The van der Waals surface area contributed by atoms with Crippen LogP contribution in [0.1, 0.15) is 15.9 Å². The van der Waals surface area contributed by atoms with Crippen LogP contribution in [0.3, 0.4) is 0 Å². The van der Waals surface area contributed by atoms with E-state index in [1.54, 1.807) is 19.2 Å². The number of hydrogen-bond donors (Lipinski definition) is 1. The molecule has 0 radical (unpaired) electrons. The maximum atomic E-state index is 12.2. The van der Waals surface area contributed by atoms with Crippen molar-refractivity contribution in [1.29, 1.82) is 0 Å². The van der Waals surface area contributed by atoms with Gasteiger partial charge in [-0.2, -0.15) is 0 Å². The van der Waals surface area contributed by atoms with Crippen LogP contribution in [0.25, 0.3) is 11.3 Å². The summed E-state index contributed by atoms with van der Waals surface area (Å²) >= 11 is 1.34. The Labute approximate surface area is 155 Å². The summed E-state index contributed by atoms with van der Waals surface area (Å²) < 4.78 is 16.1. The third kappa shape index (κ3) is 3.78. The van der Waals surface area contributed by atoms with E-state index in [1.807, 2.05) is 35.7 Å². The number of ether oxygens (including phenoxy) is 3. The molecule has 0 fully saturated rings. The van der Waals surface area contributed by atoms with Gasteiger partial charge in [0.1, 0.15) is 23.7 Å². The highest BCUT2D eigenvalue weighted by molar-refractivity contribution is 7.13. The standard InChI is InChI=1S/C19H18N2O4S/c1-23-16-6-4-3-5-13(16)10-25-17-8-7-12(9-14(17)18(22)24-2)15-11-26-19(20)21-15/h3-9,11H,10H2,1-2H3,(H2,20,21). The Kier molecular flexibility index (Phi) is 5.38. The lowest BCUT2D eigenvalue weighted by molar-refractivity contribution is 0.0595. The Morgan fingerprint density at radius 1 is 1.15 bits per heavy atom. The van der Waals surface area contributed by atoms with Crippen molar-refractivity contribution < 1.29 is 19.0 Å². The smallest absolute Gasteiger partial charge is 0.341 e. The fourth-order valence-corrected chi connectivity index (χ4v) is 3.05. The van der Waals surface area contributed by atoms with Crippen LogP contribution in [0, 0.1) is 0 Å². The molecule has 1 aromatic heterocycles. The van der Waals surface area contributed by atoms with Crippen LogP contribution in [0.4, 0.5) is 5.13 Å². The second-order valence-corrected chi connectivity index (χ2v) is 6.26. The molecular formula is C19H18N2O4S. The summed E-state index contributed by atoms with van der Waals surface area (Å²) in [6.07, 6.45) is 0. The molecule has 0 atom stereocenters. The predicted molar refractivity (Wildman–Crippen MR) is 101 cm³/mol. The second-order valence-electron chi connectivity index (χ2n) is 5.37. The average molecular weight is 370 g/mol. The molecule has 2 N–H and O–H groups in total. The molecule has 0 aliphatic rings. The van der Waals surface area contributed by atoms with E-state index in [9.17, 15) is 4.79 Å².